The zero-order chi connectivity index (χ0) is 17.7. The van der Waals surface area contributed by atoms with Crippen molar-refractivity contribution in [2.75, 3.05) is 0 Å². The lowest BCUT2D eigenvalue weighted by Gasteiger charge is -2.31. The van der Waals surface area contributed by atoms with Crippen LogP contribution in [0.3, 0.4) is 0 Å². The third-order valence-electron chi connectivity index (χ3n) is 4.26. The number of hydrogen-bond donors (Lipinski definition) is 3. The standard InChI is InChI=1S/C17H18N2O4S/c1-16(2,15(21)22)7-17(3,23)9-4-5-10-11(6-9)24-14-12(10)13(20)18-8-19-14/h4-6,8,23H,7H2,1-3H3,(H,21,22)(H,18,19,20). The Morgan fingerprint density at radius 2 is 2.04 bits per heavy atom. The Kier molecular flexibility index (Phi) is 3.73. The number of carboxylic acids is 1. The molecular weight excluding hydrogens is 328 g/mol. The van der Waals surface area contributed by atoms with Crippen LogP contribution >= 0.6 is 11.3 Å². The molecule has 3 aromatic rings. The maximum atomic E-state index is 12.0. The van der Waals surface area contributed by atoms with Gasteiger partial charge in [0.25, 0.3) is 5.56 Å². The van der Waals surface area contributed by atoms with Gasteiger partial charge in [-0.2, -0.15) is 0 Å². The van der Waals surface area contributed by atoms with E-state index in [4.69, 9.17) is 0 Å². The molecule has 126 valence electrons. The minimum atomic E-state index is -1.30. The largest absolute Gasteiger partial charge is 0.481 e. The molecule has 7 heteroatoms. The molecule has 3 N–H and O–H groups in total. The minimum absolute atomic E-state index is 0.0740. The van der Waals surface area contributed by atoms with Gasteiger partial charge in [-0.15, -0.1) is 11.3 Å². The molecule has 24 heavy (non-hydrogen) atoms. The normalized spacial score (nSPS) is 14.8. The van der Waals surface area contributed by atoms with Crippen molar-refractivity contribution in [2.45, 2.75) is 32.8 Å². The number of benzene rings is 1. The SMILES string of the molecule is CC(C)(CC(C)(O)c1ccc2c(c1)sc1nc[nH]c(=O)c12)C(=O)O. The average molecular weight is 346 g/mol. The van der Waals surface area contributed by atoms with Crippen molar-refractivity contribution < 1.29 is 15.0 Å². The maximum absolute atomic E-state index is 12.0. The number of nitrogens with zero attached hydrogens (tertiary/aromatic N) is 1. The van der Waals surface area contributed by atoms with E-state index < -0.39 is 17.0 Å². The summed E-state index contributed by atoms with van der Waals surface area (Å²) in [6, 6.07) is 5.32. The van der Waals surface area contributed by atoms with Crippen LogP contribution in [0, 0.1) is 5.41 Å². The summed E-state index contributed by atoms with van der Waals surface area (Å²) < 4.78 is 0.833. The summed E-state index contributed by atoms with van der Waals surface area (Å²) in [5.74, 6) is -0.957. The first-order valence-electron chi connectivity index (χ1n) is 7.48. The second-order valence-corrected chi connectivity index (χ2v) is 7.90. The highest BCUT2D eigenvalue weighted by Crippen LogP contribution is 2.38. The lowest BCUT2D eigenvalue weighted by Crippen LogP contribution is -2.34. The van der Waals surface area contributed by atoms with Gasteiger partial charge in [-0.3, -0.25) is 9.59 Å². The van der Waals surface area contributed by atoms with Gasteiger partial charge in [-0.05, 0) is 38.8 Å². The molecular formula is C17H18N2O4S. The van der Waals surface area contributed by atoms with Crippen LogP contribution in [0.25, 0.3) is 20.3 Å². The molecule has 0 radical (unpaired) electrons. The Morgan fingerprint density at radius 1 is 1.33 bits per heavy atom. The summed E-state index contributed by atoms with van der Waals surface area (Å²) in [5, 5.41) is 21.4. The number of aromatic amines is 1. The highest BCUT2D eigenvalue weighted by molar-refractivity contribution is 7.25. The Balaban J connectivity index is 2.11. The predicted octanol–water partition coefficient (Wildman–Crippen LogP) is 2.85. The number of H-pyrrole nitrogens is 1. The molecule has 0 bridgehead atoms. The van der Waals surface area contributed by atoms with E-state index >= 15 is 0 Å². The molecule has 6 nitrogen and oxygen atoms in total. The van der Waals surface area contributed by atoms with Crippen LogP contribution < -0.4 is 5.56 Å². The third-order valence-corrected chi connectivity index (χ3v) is 5.32. The first kappa shape index (κ1) is 16.6. The lowest BCUT2D eigenvalue weighted by molar-refractivity contribution is -0.150. The van der Waals surface area contributed by atoms with Crippen molar-refractivity contribution in [1.82, 2.24) is 9.97 Å². The number of aromatic nitrogens is 2. The van der Waals surface area contributed by atoms with Crippen molar-refractivity contribution in [3.63, 3.8) is 0 Å². The predicted molar refractivity (Wildman–Crippen MR) is 93.4 cm³/mol. The fraction of sp³-hybridized carbons (Fsp3) is 0.353. The van der Waals surface area contributed by atoms with Crippen LogP contribution in [0.2, 0.25) is 0 Å². The van der Waals surface area contributed by atoms with E-state index in [9.17, 15) is 19.8 Å². The van der Waals surface area contributed by atoms with Crippen LogP contribution in [0.1, 0.15) is 32.8 Å². The van der Waals surface area contributed by atoms with Gasteiger partial charge in [0, 0.05) is 10.1 Å². The quantitative estimate of drug-likeness (QED) is 0.674. The Bertz CT molecular complexity index is 1000. The molecule has 1 atom stereocenters. The highest BCUT2D eigenvalue weighted by atomic mass is 32.1. The molecule has 0 amide bonds. The molecule has 2 heterocycles. The second-order valence-electron chi connectivity index (χ2n) is 6.86. The monoisotopic (exact) mass is 346 g/mol. The number of hydrogen-bond acceptors (Lipinski definition) is 5. The Morgan fingerprint density at radius 3 is 2.71 bits per heavy atom. The summed E-state index contributed by atoms with van der Waals surface area (Å²) in [4.78, 5) is 30.7. The maximum Gasteiger partial charge on any atom is 0.309 e. The summed E-state index contributed by atoms with van der Waals surface area (Å²) in [6.07, 6.45) is 1.44. The van der Waals surface area contributed by atoms with Gasteiger partial charge in [0.2, 0.25) is 0 Å². The van der Waals surface area contributed by atoms with Crippen molar-refractivity contribution in [1.29, 1.82) is 0 Å². The first-order valence-corrected chi connectivity index (χ1v) is 8.30. The van der Waals surface area contributed by atoms with E-state index in [0.29, 0.717) is 15.8 Å². The number of aliphatic hydroxyl groups is 1. The second kappa shape index (κ2) is 5.39. The fourth-order valence-electron chi connectivity index (χ4n) is 2.99. The van der Waals surface area contributed by atoms with Gasteiger partial charge in [0.15, 0.2) is 0 Å². The van der Waals surface area contributed by atoms with Gasteiger partial charge in [0.05, 0.1) is 22.7 Å². The number of carboxylic acid groups (broad SMARTS) is 1. The van der Waals surface area contributed by atoms with Gasteiger partial charge >= 0.3 is 5.97 Å². The molecule has 2 aromatic heterocycles. The number of thiophene rings is 1. The van der Waals surface area contributed by atoms with Crippen LogP contribution in [-0.4, -0.2) is 26.2 Å². The zero-order valence-electron chi connectivity index (χ0n) is 13.6. The number of nitrogens with one attached hydrogen (secondary N) is 1. The van der Waals surface area contributed by atoms with Gasteiger partial charge in [0.1, 0.15) is 4.83 Å². The topological polar surface area (TPSA) is 103 Å². The van der Waals surface area contributed by atoms with E-state index in [0.717, 1.165) is 10.1 Å². The average Bonchev–Trinajstić information content (AvgIpc) is 2.84. The van der Waals surface area contributed by atoms with E-state index in [2.05, 4.69) is 9.97 Å². The van der Waals surface area contributed by atoms with Crippen molar-refractivity contribution in [3.05, 3.63) is 40.4 Å². The van der Waals surface area contributed by atoms with Crippen LogP contribution in [0.15, 0.2) is 29.3 Å². The number of aliphatic carboxylic acids is 1. The van der Waals surface area contributed by atoms with Crippen LogP contribution in [-0.2, 0) is 10.4 Å². The zero-order valence-corrected chi connectivity index (χ0v) is 14.4. The number of fused-ring (bicyclic) bond motifs is 3. The summed E-state index contributed by atoms with van der Waals surface area (Å²) >= 11 is 1.37. The first-order chi connectivity index (χ1) is 11.1. The number of rotatable bonds is 4. The van der Waals surface area contributed by atoms with E-state index in [1.807, 2.05) is 0 Å². The van der Waals surface area contributed by atoms with E-state index in [1.54, 1.807) is 39.0 Å². The van der Waals surface area contributed by atoms with Crippen LogP contribution in [0.5, 0.6) is 0 Å². The fourth-order valence-corrected chi connectivity index (χ4v) is 4.07. The smallest absolute Gasteiger partial charge is 0.309 e. The molecule has 0 saturated heterocycles. The molecule has 0 aliphatic heterocycles. The minimum Gasteiger partial charge on any atom is -0.481 e. The summed E-state index contributed by atoms with van der Waals surface area (Å²) in [5.41, 5.74) is -1.94. The lowest BCUT2D eigenvalue weighted by atomic mass is 9.78. The number of carbonyl (C=O) groups is 1. The van der Waals surface area contributed by atoms with Crippen molar-refractivity contribution >= 4 is 37.6 Å². The molecule has 0 aliphatic rings. The molecule has 1 aromatic carbocycles. The molecule has 1 unspecified atom stereocenters. The molecule has 3 rings (SSSR count). The Labute approximate surface area is 141 Å². The van der Waals surface area contributed by atoms with E-state index in [1.165, 1.54) is 17.7 Å². The van der Waals surface area contributed by atoms with Gasteiger partial charge in [-0.1, -0.05) is 12.1 Å². The van der Waals surface area contributed by atoms with Crippen molar-refractivity contribution in [3.8, 4) is 0 Å². The van der Waals surface area contributed by atoms with Crippen LogP contribution in [0.4, 0.5) is 0 Å². The van der Waals surface area contributed by atoms with E-state index in [-0.39, 0.29) is 12.0 Å². The van der Waals surface area contributed by atoms with Crippen molar-refractivity contribution in [2.24, 2.45) is 5.41 Å². The highest BCUT2D eigenvalue weighted by Gasteiger charge is 2.37. The van der Waals surface area contributed by atoms with Gasteiger partial charge < -0.3 is 15.2 Å². The molecule has 0 fully saturated rings. The molecule has 0 aliphatic carbocycles. The third kappa shape index (κ3) is 2.70. The summed E-state index contributed by atoms with van der Waals surface area (Å²) in [7, 11) is 0. The molecule has 0 spiro atoms. The summed E-state index contributed by atoms with van der Waals surface area (Å²) in [6.45, 7) is 4.79. The van der Waals surface area contributed by atoms with Gasteiger partial charge in [-0.25, -0.2) is 4.98 Å². The molecule has 0 saturated carbocycles. The Hall–Kier alpha value is -2.25.